The second kappa shape index (κ2) is 3.89. The van der Waals surface area contributed by atoms with Crippen LogP contribution in [0, 0.1) is 0 Å². The first-order chi connectivity index (χ1) is 5.62. The molecule has 0 aliphatic rings. The summed E-state index contributed by atoms with van der Waals surface area (Å²) in [6, 6.07) is 0. The third-order valence-electron chi connectivity index (χ3n) is 4.08. The predicted molar refractivity (Wildman–Crippen MR) is 70.0 cm³/mol. The zero-order valence-electron chi connectivity index (χ0n) is 10.9. The molecule has 80 valence electrons. The largest absolute Gasteiger partial charge is 0.0694 e. The summed E-state index contributed by atoms with van der Waals surface area (Å²) in [7, 11) is -2.02. The van der Waals surface area contributed by atoms with Crippen molar-refractivity contribution in [2.75, 3.05) is 0 Å². The van der Waals surface area contributed by atoms with Gasteiger partial charge in [0.15, 0.2) is 0 Å². The van der Waals surface area contributed by atoms with Gasteiger partial charge in [0, 0.05) is 16.1 Å². The van der Waals surface area contributed by atoms with Gasteiger partial charge in [-0.1, -0.05) is 66.0 Å². The molecule has 0 nitrogen and oxygen atoms in total. The SMILES string of the molecule is CCC(CC)([Si](C)(C)C)[Si](C)(C)C. The molecular formula is C11H28Si2. The van der Waals surface area contributed by atoms with Gasteiger partial charge in [0.05, 0.1) is 0 Å². The first-order valence-corrected chi connectivity index (χ1v) is 12.6. The van der Waals surface area contributed by atoms with Crippen molar-refractivity contribution in [3.63, 3.8) is 0 Å². The fourth-order valence-electron chi connectivity index (χ4n) is 3.50. The van der Waals surface area contributed by atoms with Crippen LogP contribution < -0.4 is 0 Å². The molecule has 0 unspecified atom stereocenters. The lowest BCUT2D eigenvalue weighted by molar-refractivity contribution is 0.640. The van der Waals surface area contributed by atoms with Crippen LogP contribution >= 0.6 is 0 Å². The van der Waals surface area contributed by atoms with E-state index in [4.69, 9.17) is 0 Å². The molecule has 0 atom stereocenters. The maximum Gasteiger partial charge on any atom is 0.0478 e. The minimum Gasteiger partial charge on any atom is -0.0694 e. The summed E-state index contributed by atoms with van der Waals surface area (Å²) in [6.07, 6.45) is 2.80. The molecule has 0 heterocycles. The Hall–Kier alpha value is 0.434. The molecule has 0 saturated heterocycles. The molecule has 0 saturated carbocycles. The highest BCUT2D eigenvalue weighted by Gasteiger charge is 2.49. The first-order valence-electron chi connectivity index (χ1n) is 5.62. The van der Waals surface area contributed by atoms with Crippen molar-refractivity contribution >= 4 is 16.1 Å². The normalized spacial score (nSPS) is 14.8. The van der Waals surface area contributed by atoms with E-state index in [9.17, 15) is 0 Å². The van der Waals surface area contributed by atoms with Crippen LogP contribution in [0.25, 0.3) is 0 Å². The Balaban J connectivity index is 5.17. The monoisotopic (exact) mass is 216 g/mol. The van der Waals surface area contributed by atoms with E-state index in [0.29, 0.717) is 0 Å². The Morgan fingerprint density at radius 3 is 0.923 bits per heavy atom. The zero-order chi connectivity index (χ0) is 10.9. The van der Waals surface area contributed by atoms with E-state index in [1.165, 1.54) is 12.8 Å². The highest BCUT2D eigenvalue weighted by Crippen LogP contribution is 2.52. The van der Waals surface area contributed by atoms with E-state index in [-0.39, 0.29) is 0 Å². The molecule has 0 N–H and O–H groups in total. The molecule has 13 heavy (non-hydrogen) atoms. The summed E-state index contributed by atoms with van der Waals surface area (Å²) in [6.45, 7) is 20.1. The second-order valence-corrected chi connectivity index (χ2v) is 17.7. The van der Waals surface area contributed by atoms with E-state index in [0.717, 1.165) is 4.66 Å². The zero-order valence-corrected chi connectivity index (χ0v) is 12.9. The Labute approximate surface area is 87.2 Å². The van der Waals surface area contributed by atoms with Crippen molar-refractivity contribution in [2.45, 2.75) is 70.6 Å². The van der Waals surface area contributed by atoms with Crippen molar-refractivity contribution in [2.24, 2.45) is 0 Å². The summed E-state index contributed by atoms with van der Waals surface area (Å²) in [4.78, 5) is 0. The van der Waals surface area contributed by atoms with E-state index in [1.54, 1.807) is 0 Å². The molecule has 0 aromatic carbocycles. The summed E-state index contributed by atoms with van der Waals surface area (Å²) in [5.74, 6) is 0. The third kappa shape index (κ3) is 2.27. The molecule has 0 rings (SSSR count). The fourth-order valence-corrected chi connectivity index (χ4v) is 16.7. The Bertz CT molecular complexity index is 140. The molecule has 0 aliphatic heterocycles. The van der Waals surface area contributed by atoms with Crippen LogP contribution in [0.2, 0.25) is 43.9 Å². The maximum absolute atomic E-state index is 2.55. The second-order valence-electron chi connectivity index (χ2n) is 6.29. The van der Waals surface area contributed by atoms with Gasteiger partial charge in [0.2, 0.25) is 0 Å². The van der Waals surface area contributed by atoms with Crippen LogP contribution in [-0.4, -0.2) is 16.1 Å². The van der Waals surface area contributed by atoms with Crippen LogP contribution in [0.5, 0.6) is 0 Å². The van der Waals surface area contributed by atoms with Crippen molar-refractivity contribution in [3.05, 3.63) is 0 Å². The van der Waals surface area contributed by atoms with Crippen molar-refractivity contribution < 1.29 is 0 Å². The van der Waals surface area contributed by atoms with Gasteiger partial charge in [-0.3, -0.25) is 0 Å². The molecular weight excluding hydrogens is 188 g/mol. The quantitative estimate of drug-likeness (QED) is 0.594. The molecule has 0 aromatic rings. The number of rotatable bonds is 4. The van der Waals surface area contributed by atoms with E-state index in [1.807, 2.05) is 0 Å². The Kier molecular flexibility index (Phi) is 4.02. The van der Waals surface area contributed by atoms with Crippen LogP contribution in [0.1, 0.15) is 26.7 Å². The molecule has 0 amide bonds. The first kappa shape index (κ1) is 13.4. The summed E-state index contributed by atoms with van der Waals surface area (Å²) < 4.78 is 0.736. The van der Waals surface area contributed by atoms with Crippen molar-refractivity contribution in [1.29, 1.82) is 0 Å². The standard InChI is InChI=1S/C11H28Si2/c1-9-11(10-2,12(3,4)5)13(6,7)8/h9-10H2,1-8H3. The van der Waals surface area contributed by atoms with Crippen LogP contribution in [0.15, 0.2) is 0 Å². The smallest absolute Gasteiger partial charge is 0.0478 e. The van der Waals surface area contributed by atoms with Gasteiger partial charge in [-0.25, -0.2) is 0 Å². The Morgan fingerprint density at radius 2 is 0.923 bits per heavy atom. The Morgan fingerprint density at radius 1 is 0.692 bits per heavy atom. The maximum atomic E-state index is 2.55. The number of hydrogen-bond acceptors (Lipinski definition) is 0. The molecule has 0 spiro atoms. The lowest BCUT2D eigenvalue weighted by Gasteiger charge is -2.51. The minimum absolute atomic E-state index is 0.736. The summed E-state index contributed by atoms with van der Waals surface area (Å²) in [5.41, 5.74) is 0. The van der Waals surface area contributed by atoms with Gasteiger partial charge in [-0.05, 0) is 4.66 Å². The number of hydrogen-bond donors (Lipinski definition) is 0. The highest BCUT2D eigenvalue weighted by molar-refractivity contribution is 6.98. The third-order valence-corrected chi connectivity index (χ3v) is 15.7. The van der Waals surface area contributed by atoms with E-state index < -0.39 is 16.1 Å². The van der Waals surface area contributed by atoms with Gasteiger partial charge in [0.25, 0.3) is 0 Å². The topological polar surface area (TPSA) is 0 Å². The molecule has 0 aromatic heterocycles. The predicted octanol–water partition coefficient (Wildman–Crippen LogP) is 4.76. The van der Waals surface area contributed by atoms with Gasteiger partial charge >= 0.3 is 0 Å². The molecule has 0 bridgehead atoms. The highest BCUT2D eigenvalue weighted by atomic mass is 28.4. The molecule has 0 aliphatic carbocycles. The average molecular weight is 217 g/mol. The van der Waals surface area contributed by atoms with Crippen molar-refractivity contribution in [1.82, 2.24) is 0 Å². The molecule has 2 heteroatoms. The lowest BCUT2D eigenvalue weighted by Crippen LogP contribution is -2.53. The molecule has 0 fully saturated rings. The molecule has 0 radical (unpaired) electrons. The van der Waals surface area contributed by atoms with Gasteiger partial charge in [-0.15, -0.1) is 0 Å². The van der Waals surface area contributed by atoms with Crippen LogP contribution in [0.3, 0.4) is 0 Å². The van der Waals surface area contributed by atoms with Crippen molar-refractivity contribution in [3.8, 4) is 0 Å². The van der Waals surface area contributed by atoms with E-state index >= 15 is 0 Å². The lowest BCUT2D eigenvalue weighted by atomic mass is 10.2. The van der Waals surface area contributed by atoms with Gasteiger partial charge in [-0.2, -0.15) is 0 Å². The average Bonchev–Trinajstić information content (AvgIpc) is 1.84. The summed E-state index contributed by atoms with van der Waals surface area (Å²) >= 11 is 0. The van der Waals surface area contributed by atoms with E-state index in [2.05, 4.69) is 53.1 Å². The van der Waals surface area contributed by atoms with Gasteiger partial charge in [0.1, 0.15) is 0 Å². The van der Waals surface area contributed by atoms with Crippen LogP contribution in [-0.2, 0) is 0 Å². The fraction of sp³-hybridized carbons (Fsp3) is 1.00. The van der Waals surface area contributed by atoms with Crippen LogP contribution in [0.4, 0.5) is 0 Å². The van der Waals surface area contributed by atoms with Gasteiger partial charge < -0.3 is 0 Å². The summed E-state index contributed by atoms with van der Waals surface area (Å²) in [5, 5.41) is 0. The minimum atomic E-state index is -1.01.